The summed E-state index contributed by atoms with van der Waals surface area (Å²) in [5.74, 6) is -1.73. The van der Waals surface area contributed by atoms with Gasteiger partial charge in [0, 0.05) is 24.0 Å². The number of carbonyl (C=O) groups excluding carboxylic acids is 2. The van der Waals surface area contributed by atoms with E-state index < -0.39 is 26.5 Å². The molecule has 0 spiro atoms. The Balaban J connectivity index is 1.81. The van der Waals surface area contributed by atoms with Crippen molar-refractivity contribution in [1.29, 1.82) is 0 Å². The molecule has 4 aliphatic rings. The molecule has 4 atom stereocenters. The molecule has 6 nitrogen and oxygen atoms in total. The Morgan fingerprint density at radius 3 is 1.83 bits per heavy atom. The normalized spacial score (nSPS) is 37.0. The molecule has 1 saturated heterocycles. The molecule has 24 heavy (non-hydrogen) atoms. The van der Waals surface area contributed by atoms with Gasteiger partial charge in [-0.2, -0.15) is 0 Å². The van der Waals surface area contributed by atoms with Gasteiger partial charge in [0.15, 0.2) is 9.75 Å². The predicted molar refractivity (Wildman–Crippen MR) is 88.1 cm³/mol. The molecule has 2 bridgehead atoms. The zero-order valence-electron chi connectivity index (χ0n) is 12.3. The van der Waals surface area contributed by atoms with Crippen LogP contribution in [0.1, 0.15) is 12.8 Å². The maximum absolute atomic E-state index is 13.0. The summed E-state index contributed by atoms with van der Waals surface area (Å²) in [5.41, 5.74) is 0.114. The summed E-state index contributed by atoms with van der Waals surface area (Å²) >= 11 is 13.4. The third kappa shape index (κ3) is 1.62. The molecule has 3 aliphatic carbocycles. The van der Waals surface area contributed by atoms with Crippen molar-refractivity contribution >= 4 is 46.4 Å². The molecule has 4 unspecified atom stereocenters. The van der Waals surface area contributed by atoms with Gasteiger partial charge in [-0.1, -0.05) is 12.2 Å². The highest BCUT2D eigenvalue weighted by Crippen LogP contribution is 2.61. The zero-order chi connectivity index (χ0) is 17.3. The van der Waals surface area contributed by atoms with Crippen LogP contribution in [-0.4, -0.2) is 26.5 Å². The van der Waals surface area contributed by atoms with Gasteiger partial charge < -0.3 is 0 Å². The second-order valence-electron chi connectivity index (χ2n) is 6.32. The van der Waals surface area contributed by atoms with E-state index in [1.165, 1.54) is 24.3 Å². The van der Waals surface area contributed by atoms with E-state index in [1.807, 2.05) is 12.2 Å². The van der Waals surface area contributed by atoms with Crippen LogP contribution < -0.4 is 4.90 Å². The van der Waals surface area contributed by atoms with Gasteiger partial charge in [0.2, 0.25) is 0 Å². The molecule has 1 heterocycles. The summed E-state index contributed by atoms with van der Waals surface area (Å²) in [6.45, 7) is 0. The summed E-state index contributed by atoms with van der Waals surface area (Å²) < 4.78 is 0. The lowest BCUT2D eigenvalue weighted by atomic mass is 9.62. The molecule has 0 aromatic heterocycles. The molecular formula is C16H12Cl2N2O4. The van der Waals surface area contributed by atoms with Crippen LogP contribution in [0.15, 0.2) is 36.4 Å². The lowest BCUT2D eigenvalue weighted by Crippen LogP contribution is -2.61. The number of carbonyl (C=O) groups is 2. The van der Waals surface area contributed by atoms with E-state index in [-0.39, 0.29) is 23.2 Å². The first-order valence-electron chi connectivity index (χ1n) is 7.51. The van der Waals surface area contributed by atoms with Gasteiger partial charge in [0.1, 0.15) is 0 Å². The standard InChI is InChI=1S/C16H12Cl2N2O4/c17-15-9-1-2-10(4-3-9)16(15,18)14(22)19(13(15)21)11-5-7-12(8-6-11)20(23)24/h1-2,5-10H,3-4H2. The minimum Gasteiger partial charge on any atom is -0.272 e. The first-order valence-corrected chi connectivity index (χ1v) is 8.27. The molecule has 2 amide bonds. The number of amides is 2. The number of non-ortho nitro benzene ring substituents is 1. The topological polar surface area (TPSA) is 80.5 Å². The number of hydrogen-bond acceptors (Lipinski definition) is 4. The van der Waals surface area contributed by atoms with Crippen molar-refractivity contribution in [3.05, 3.63) is 46.5 Å². The molecule has 1 aliphatic heterocycles. The Kier molecular flexibility index (Phi) is 3.12. The number of imide groups is 1. The van der Waals surface area contributed by atoms with Crippen LogP contribution in [0.25, 0.3) is 0 Å². The number of hydrogen-bond donors (Lipinski definition) is 0. The number of nitro benzene ring substituents is 1. The second kappa shape index (κ2) is 4.80. The number of nitro groups is 1. The van der Waals surface area contributed by atoms with Gasteiger partial charge in [-0.05, 0) is 25.0 Å². The highest BCUT2D eigenvalue weighted by atomic mass is 35.5. The van der Waals surface area contributed by atoms with E-state index in [9.17, 15) is 19.7 Å². The van der Waals surface area contributed by atoms with Crippen molar-refractivity contribution in [2.24, 2.45) is 11.8 Å². The monoisotopic (exact) mass is 366 g/mol. The van der Waals surface area contributed by atoms with Crippen molar-refractivity contribution in [3.8, 4) is 0 Å². The number of allylic oxidation sites excluding steroid dienone is 2. The Labute approximate surface area is 147 Å². The van der Waals surface area contributed by atoms with Gasteiger partial charge in [0.25, 0.3) is 17.5 Å². The van der Waals surface area contributed by atoms with Crippen LogP contribution in [-0.2, 0) is 9.59 Å². The van der Waals surface area contributed by atoms with E-state index in [1.54, 1.807) is 0 Å². The van der Waals surface area contributed by atoms with Crippen LogP contribution in [0, 0.1) is 22.0 Å². The molecule has 1 aromatic rings. The van der Waals surface area contributed by atoms with Crippen molar-refractivity contribution in [1.82, 2.24) is 0 Å². The fourth-order valence-electron chi connectivity index (χ4n) is 4.03. The molecular weight excluding hydrogens is 355 g/mol. The van der Waals surface area contributed by atoms with Crippen LogP contribution in [0.5, 0.6) is 0 Å². The largest absolute Gasteiger partial charge is 0.272 e. The average molecular weight is 367 g/mol. The lowest BCUT2D eigenvalue weighted by Gasteiger charge is -2.48. The third-order valence-electron chi connectivity index (χ3n) is 5.26. The maximum Gasteiger partial charge on any atom is 0.269 e. The summed E-state index contributed by atoms with van der Waals surface area (Å²) in [7, 11) is 0. The Hall–Kier alpha value is -1.92. The molecule has 5 rings (SSSR count). The number of anilines is 1. The van der Waals surface area contributed by atoms with Crippen LogP contribution in [0.3, 0.4) is 0 Å². The van der Waals surface area contributed by atoms with Gasteiger partial charge in [-0.15, -0.1) is 23.2 Å². The SMILES string of the molecule is O=C1N(c2ccc([N+](=O)[O-])cc2)C(=O)C2(Cl)C3C=CC(CC3)C12Cl. The van der Waals surface area contributed by atoms with E-state index in [0.29, 0.717) is 12.8 Å². The zero-order valence-corrected chi connectivity index (χ0v) is 13.8. The molecule has 1 saturated carbocycles. The van der Waals surface area contributed by atoms with E-state index in [0.717, 1.165) is 4.90 Å². The number of halogens is 2. The molecule has 0 N–H and O–H groups in total. The smallest absolute Gasteiger partial charge is 0.269 e. The Morgan fingerprint density at radius 2 is 1.46 bits per heavy atom. The Bertz CT molecular complexity index is 771. The number of alkyl halides is 2. The quantitative estimate of drug-likeness (QED) is 0.265. The molecule has 0 radical (unpaired) electrons. The maximum atomic E-state index is 13.0. The summed E-state index contributed by atoms with van der Waals surface area (Å²) in [6.07, 6.45) is 5.14. The third-order valence-corrected chi connectivity index (χ3v) is 6.84. The fraction of sp³-hybridized carbons (Fsp3) is 0.375. The molecule has 1 aromatic carbocycles. The number of nitrogens with zero attached hydrogens (tertiary/aromatic N) is 2. The number of benzene rings is 1. The molecule has 8 heteroatoms. The lowest BCUT2D eigenvalue weighted by molar-refractivity contribution is -0.384. The minimum absolute atomic E-state index is 0.127. The summed E-state index contributed by atoms with van der Waals surface area (Å²) in [4.78, 5) is 34.2. The second-order valence-corrected chi connectivity index (χ2v) is 7.51. The van der Waals surface area contributed by atoms with E-state index >= 15 is 0 Å². The van der Waals surface area contributed by atoms with E-state index in [2.05, 4.69) is 0 Å². The van der Waals surface area contributed by atoms with Crippen LogP contribution in [0.2, 0.25) is 0 Å². The first kappa shape index (κ1) is 15.6. The number of fused-ring (bicyclic) bond motifs is 1. The van der Waals surface area contributed by atoms with Gasteiger partial charge >= 0.3 is 0 Å². The average Bonchev–Trinajstić information content (AvgIpc) is 2.76. The Morgan fingerprint density at radius 1 is 1.00 bits per heavy atom. The molecule has 124 valence electrons. The first-order chi connectivity index (χ1) is 11.3. The minimum atomic E-state index is -1.51. The van der Waals surface area contributed by atoms with Crippen molar-refractivity contribution in [2.75, 3.05) is 4.90 Å². The van der Waals surface area contributed by atoms with E-state index in [4.69, 9.17) is 23.2 Å². The van der Waals surface area contributed by atoms with Gasteiger partial charge in [-0.3, -0.25) is 19.7 Å². The van der Waals surface area contributed by atoms with Gasteiger partial charge in [-0.25, -0.2) is 4.90 Å². The van der Waals surface area contributed by atoms with Crippen molar-refractivity contribution in [2.45, 2.75) is 22.6 Å². The highest BCUT2D eigenvalue weighted by molar-refractivity contribution is 6.58. The van der Waals surface area contributed by atoms with Crippen LogP contribution >= 0.6 is 23.2 Å². The van der Waals surface area contributed by atoms with Crippen molar-refractivity contribution < 1.29 is 14.5 Å². The van der Waals surface area contributed by atoms with Gasteiger partial charge in [0.05, 0.1) is 10.6 Å². The van der Waals surface area contributed by atoms with Crippen LogP contribution in [0.4, 0.5) is 11.4 Å². The number of rotatable bonds is 2. The van der Waals surface area contributed by atoms with Crippen molar-refractivity contribution in [3.63, 3.8) is 0 Å². The fourth-order valence-corrected chi connectivity index (χ4v) is 5.00. The summed E-state index contributed by atoms with van der Waals surface area (Å²) in [5, 5.41) is 10.8. The highest BCUT2D eigenvalue weighted by Gasteiger charge is 2.76. The predicted octanol–water partition coefficient (Wildman–Crippen LogP) is 3.02. The summed E-state index contributed by atoms with van der Waals surface area (Å²) in [6, 6.07) is 5.21. The molecule has 2 fully saturated rings.